The van der Waals surface area contributed by atoms with Crippen LogP contribution in [-0.4, -0.2) is 63.6 Å². The summed E-state index contributed by atoms with van der Waals surface area (Å²) in [7, 11) is 3.12. The second-order valence-electron chi connectivity index (χ2n) is 12.6. The van der Waals surface area contributed by atoms with Crippen molar-refractivity contribution >= 4 is 49.2 Å². The first kappa shape index (κ1) is 33.6. The number of Topliss-reactive ketones (excluding diaryl/α,β-unsaturated/α-hetero) is 3. The molecule has 12 heteroatoms. The summed E-state index contributed by atoms with van der Waals surface area (Å²) in [4.78, 5) is 37.8. The molecule has 4 bridgehead atoms. The van der Waals surface area contributed by atoms with E-state index < -0.39 is 29.3 Å². The maximum absolute atomic E-state index is 14.6. The monoisotopic (exact) mass is 768 g/mol. The molecule has 1 saturated heterocycles. The van der Waals surface area contributed by atoms with E-state index in [-0.39, 0.29) is 58.9 Å². The zero-order valence-corrected chi connectivity index (χ0v) is 28.8. The third-order valence-corrected chi connectivity index (χ3v) is 10.9. The molecule has 6 atom stereocenters. The van der Waals surface area contributed by atoms with Crippen LogP contribution in [0.3, 0.4) is 0 Å². The highest BCUT2D eigenvalue weighted by Gasteiger charge is 2.74. The lowest BCUT2D eigenvalue weighted by Gasteiger charge is -2.27. The second-order valence-corrected chi connectivity index (χ2v) is 14.4. The Labute approximate surface area is 283 Å². The van der Waals surface area contributed by atoms with Gasteiger partial charge in [-0.25, -0.2) is 8.78 Å². The fourth-order valence-electron chi connectivity index (χ4n) is 7.82. The highest BCUT2D eigenvalue weighted by atomic mass is 79.9. The number of benzene rings is 2. The minimum atomic E-state index is -1.04. The molecule has 6 unspecified atom stereocenters. The number of carbonyl (C=O) groups excluding carboxylic acids is 3. The number of methoxy groups -OCH3 is 2. The molecule has 0 aromatic heterocycles. The maximum atomic E-state index is 14.6. The van der Waals surface area contributed by atoms with Crippen LogP contribution in [0.2, 0.25) is 0 Å². The predicted octanol–water partition coefficient (Wildman–Crippen LogP) is 6.69. The van der Waals surface area contributed by atoms with Gasteiger partial charge in [0.2, 0.25) is 0 Å². The van der Waals surface area contributed by atoms with Crippen molar-refractivity contribution in [2.45, 2.75) is 56.1 Å². The molecule has 0 amide bonds. The molecule has 8 nitrogen and oxygen atoms in total. The van der Waals surface area contributed by atoms with Crippen molar-refractivity contribution in [3.05, 3.63) is 56.0 Å². The molecule has 0 N–H and O–H groups in total. The summed E-state index contributed by atoms with van der Waals surface area (Å²) in [5, 5.41) is 0. The Morgan fingerprint density at radius 1 is 0.739 bits per heavy atom. The molecule has 5 fully saturated rings. The standard InChI is InChI=1S/2C17H18BrFO4/c1-21-4-5-22-13-8-11(18)7-12(19)14(13)16-17(23-16)10-3-2-9(6-10)15(17)20;1-22-4-5-23-13-8-11(18)7-12(19)14(13)15-16(20)9-2-3-10(6-9)17(15)21/h7-10,16H,2-6H2,1H3;7-10,15H,2-6H2,1H3. The van der Waals surface area contributed by atoms with Gasteiger partial charge in [0.1, 0.15) is 48.4 Å². The lowest BCUT2D eigenvalue weighted by molar-refractivity contribution is -0.136. The smallest absolute Gasteiger partial charge is 0.171 e. The highest BCUT2D eigenvalue weighted by Crippen LogP contribution is 2.67. The number of ether oxygens (including phenoxy) is 5. The van der Waals surface area contributed by atoms with E-state index in [1.54, 1.807) is 19.2 Å². The zero-order valence-electron chi connectivity index (χ0n) is 25.6. The average molecular weight is 770 g/mol. The molecule has 4 saturated carbocycles. The van der Waals surface area contributed by atoms with Gasteiger partial charge in [-0.3, -0.25) is 14.4 Å². The fraction of sp³-hybridized carbons (Fsp3) is 0.559. The topological polar surface area (TPSA) is 101 Å². The Hall–Kier alpha value is -2.25. The molecule has 2 aromatic rings. The minimum absolute atomic E-state index is 0.0795. The molecule has 4 aliphatic carbocycles. The molecule has 5 aliphatic rings. The molecule has 0 radical (unpaired) electrons. The number of fused-ring (bicyclic) bond motifs is 5. The summed E-state index contributed by atoms with van der Waals surface area (Å²) in [6, 6.07) is 5.99. The summed E-state index contributed by atoms with van der Waals surface area (Å²) in [6.07, 6.45) is 4.37. The van der Waals surface area contributed by atoms with Crippen molar-refractivity contribution in [2.24, 2.45) is 23.7 Å². The first-order valence-electron chi connectivity index (χ1n) is 15.6. The van der Waals surface area contributed by atoms with Gasteiger partial charge in [-0.15, -0.1) is 0 Å². The van der Waals surface area contributed by atoms with Crippen LogP contribution in [0, 0.1) is 35.3 Å². The van der Waals surface area contributed by atoms with Crippen molar-refractivity contribution in [1.29, 1.82) is 0 Å². The first-order valence-corrected chi connectivity index (χ1v) is 17.2. The Kier molecular flexibility index (Phi) is 10.0. The van der Waals surface area contributed by atoms with Gasteiger partial charge in [0.15, 0.2) is 23.0 Å². The third-order valence-electron chi connectivity index (χ3n) is 10.0. The van der Waals surface area contributed by atoms with Crippen LogP contribution in [-0.2, 0) is 28.6 Å². The van der Waals surface area contributed by atoms with Crippen LogP contribution in [0.25, 0.3) is 0 Å². The summed E-state index contributed by atoms with van der Waals surface area (Å²) in [5.41, 5.74) is -0.349. The largest absolute Gasteiger partial charge is 0.491 e. The van der Waals surface area contributed by atoms with Gasteiger partial charge >= 0.3 is 0 Å². The number of rotatable bonds is 10. The highest BCUT2D eigenvalue weighted by molar-refractivity contribution is 9.10. The molecule has 46 heavy (non-hydrogen) atoms. The van der Waals surface area contributed by atoms with Crippen LogP contribution in [0.15, 0.2) is 33.2 Å². The van der Waals surface area contributed by atoms with Gasteiger partial charge in [0, 0.05) is 46.5 Å². The van der Waals surface area contributed by atoms with E-state index in [9.17, 15) is 23.2 Å². The van der Waals surface area contributed by atoms with Crippen molar-refractivity contribution < 1.29 is 46.8 Å². The summed E-state index contributed by atoms with van der Waals surface area (Å²) in [5.74, 6) is -1.47. The lowest BCUT2D eigenvalue weighted by Crippen LogP contribution is -2.35. The maximum Gasteiger partial charge on any atom is 0.171 e. The molecule has 7 rings (SSSR count). The summed E-state index contributed by atoms with van der Waals surface area (Å²) in [6.45, 7) is 1.29. The van der Waals surface area contributed by atoms with E-state index >= 15 is 0 Å². The van der Waals surface area contributed by atoms with Crippen LogP contribution in [0.5, 0.6) is 11.5 Å². The Morgan fingerprint density at radius 3 is 1.78 bits per heavy atom. The number of halogens is 4. The summed E-state index contributed by atoms with van der Waals surface area (Å²) >= 11 is 6.51. The van der Waals surface area contributed by atoms with E-state index in [1.807, 2.05) is 0 Å². The average Bonchev–Trinajstić information content (AvgIpc) is 3.32. The Balaban J connectivity index is 0.000000162. The number of hydrogen-bond acceptors (Lipinski definition) is 8. The second kappa shape index (κ2) is 13.7. The molecule has 1 aliphatic heterocycles. The van der Waals surface area contributed by atoms with Gasteiger partial charge in [0.05, 0.1) is 18.8 Å². The first-order chi connectivity index (χ1) is 22.1. The third kappa shape index (κ3) is 6.08. The number of hydrogen-bond donors (Lipinski definition) is 0. The van der Waals surface area contributed by atoms with Crippen LogP contribution in [0.4, 0.5) is 8.78 Å². The molecule has 2 aromatic carbocycles. The quantitative estimate of drug-likeness (QED) is 0.150. The van der Waals surface area contributed by atoms with E-state index in [2.05, 4.69) is 31.9 Å². The SMILES string of the molecule is COCCOc1cc(Br)cc(F)c1C1C(=O)C2CCC(C2)C1=O.COCCOc1cc(Br)cc(F)c1C1OC12C(=O)C1CCC2C1. The van der Waals surface area contributed by atoms with Crippen molar-refractivity contribution in [1.82, 2.24) is 0 Å². The van der Waals surface area contributed by atoms with Crippen molar-refractivity contribution in [3.8, 4) is 11.5 Å². The number of carbonyl (C=O) groups is 3. The number of epoxide rings is 1. The van der Waals surface area contributed by atoms with Gasteiger partial charge < -0.3 is 23.7 Å². The molecule has 1 heterocycles. The van der Waals surface area contributed by atoms with Gasteiger partial charge in [-0.1, -0.05) is 31.9 Å². The van der Waals surface area contributed by atoms with Gasteiger partial charge in [-0.2, -0.15) is 0 Å². The predicted molar refractivity (Wildman–Crippen MR) is 169 cm³/mol. The molecular weight excluding hydrogens is 734 g/mol. The molecule has 1 spiro atoms. The van der Waals surface area contributed by atoms with Gasteiger partial charge in [0.25, 0.3) is 0 Å². The minimum Gasteiger partial charge on any atom is -0.491 e. The fourth-order valence-corrected chi connectivity index (χ4v) is 8.64. The van der Waals surface area contributed by atoms with Crippen LogP contribution < -0.4 is 9.47 Å². The van der Waals surface area contributed by atoms with Crippen molar-refractivity contribution in [2.75, 3.05) is 40.6 Å². The normalized spacial score (nSPS) is 30.5. The summed E-state index contributed by atoms with van der Waals surface area (Å²) < 4.78 is 57.3. The van der Waals surface area contributed by atoms with Crippen LogP contribution >= 0.6 is 31.9 Å². The van der Waals surface area contributed by atoms with Crippen LogP contribution in [0.1, 0.15) is 61.7 Å². The van der Waals surface area contributed by atoms with Crippen molar-refractivity contribution in [3.63, 3.8) is 0 Å². The zero-order chi connectivity index (χ0) is 32.7. The lowest BCUT2D eigenvalue weighted by atomic mass is 9.75. The van der Waals surface area contributed by atoms with E-state index in [0.717, 1.165) is 32.1 Å². The van der Waals surface area contributed by atoms with Gasteiger partial charge in [-0.05, 0) is 68.7 Å². The van der Waals surface area contributed by atoms with E-state index in [1.165, 1.54) is 19.2 Å². The Bertz CT molecular complexity index is 1510. The molecule has 248 valence electrons. The molecular formula is C34H36Br2F2O8. The van der Waals surface area contributed by atoms with E-state index in [0.29, 0.717) is 46.5 Å². The number of ketones is 3. The Morgan fingerprint density at radius 2 is 1.26 bits per heavy atom. The van der Waals surface area contributed by atoms with E-state index in [4.69, 9.17) is 23.7 Å².